The molecule has 1 atom stereocenters. The number of aliphatic hydroxyl groups is 1. The van der Waals surface area contributed by atoms with Crippen molar-refractivity contribution in [3.8, 4) is 0 Å². The number of carbonyl (C=O) groups is 1. The Morgan fingerprint density at radius 3 is 3.00 bits per heavy atom. The van der Waals surface area contributed by atoms with Crippen molar-refractivity contribution in [3.63, 3.8) is 0 Å². The van der Waals surface area contributed by atoms with Crippen molar-refractivity contribution >= 4 is 11.7 Å². The second kappa shape index (κ2) is 7.26. The van der Waals surface area contributed by atoms with Crippen LogP contribution in [-0.4, -0.2) is 52.0 Å². The fraction of sp³-hybridized carbons (Fsp3) is 0.375. The Balaban J connectivity index is 1.41. The molecular formula is C16H21N5O2. The Bertz CT molecular complexity index is 644. The monoisotopic (exact) mass is 315 g/mol. The molecular weight excluding hydrogens is 294 g/mol. The van der Waals surface area contributed by atoms with Gasteiger partial charge in [-0.1, -0.05) is 24.3 Å². The summed E-state index contributed by atoms with van der Waals surface area (Å²) >= 11 is 0. The number of β-amino-alcohol motifs (C(OH)–C–C–N with tert-alkyl or cyclic N) is 1. The molecule has 1 aliphatic heterocycles. The molecule has 0 spiro atoms. The average molecular weight is 315 g/mol. The van der Waals surface area contributed by atoms with Gasteiger partial charge in [-0.2, -0.15) is 5.10 Å². The van der Waals surface area contributed by atoms with Gasteiger partial charge in [-0.3, -0.25) is 10.00 Å². The molecule has 0 bridgehead atoms. The topological polar surface area (TPSA) is 93.3 Å². The van der Waals surface area contributed by atoms with Gasteiger partial charge in [-0.25, -0.2) is 4.79 Å². The third-order valence-corrected chi connectivity index (χ3v) is 3.93. The number of urea groups is 1. The molecule has 2 aromatic rings. The maximum absolute atomic E-state index is 11.7. The van der Waals surface area contributed by atoms with E-state index < -0.39 is 6.10 Å². The van der Waals surface area contributed by atoms with Crippen LogP contribution in [-0.2, 0) is 13.0 Å². The van der Waals surface area contributed by atoms with E-state index in [4.69, 9.17) is 0 Å². The van der Waals surface area contributed by atoms with Crippen LogP contribution in [0.4, 0.5) is 10.5 Å². The van der Waals surface area contributed by atoms with Gasteiger partial charge in [0.05, 0.1) is 18.0 Å². The summed E-state index contributed by atoms with van der Waals surface area (Å²) < 4.78 is 0. The lowest BCUT2D eigenvalue weighted by Gasteiger charge is -2.30. The molecule has 0 aliphatic carbocycles. The van der Waals surface area contributed by atoms with E-state index in [2.05, 4.69) is 43.9 Å². The van der Waals surface area contributed by atoms with Crippen molar-refractivity contribution in [2.45, 2.75) is 19.1 Å². The first-order valence-corrected chi connectivity index (χ1v) is 7.71. The predicted octanol–water partition coefficient (Wildman–Crippen LogP) is 0.950. The first kappa shape index (κ1) is 15.5. The molecule has 4 N–H and O–H groups in total. The lowest BCUT2D eigenvalue weighted by atomic mass is 10.00. The summed E-state index contributed by atoms with van der Waals surface area (Å²) in [6.45, 7) is 2.52. The number of fused-ring (bicyclic) bond motifs is 1. The molecule has 1 aromatic heterocycles. The second-order valence-electron chi connectivity index (χ2n) is 5.73. The number of amides is 2. The van der Waals surface area contributed by atoms with Crippen LogP contribution in [0.1, 0.15) is 11.1 Å². The van der Waals surface area contributed by atoms with Crippen LogP contribution in [0.3, 0.4) is 0 Å². The molecule has 23 heavy (non-hydrogen) atoms. The molecule has 0 radical (unpaired) electrons. The standard InChI is InChI=1S/C16H21N5O2/c22-15(9-17-16(23)20-14-7-18-19-8-14)11-21-6-5-12-3-1-2-4-13(12)10-21/h1-4,7-8,15,22H,5-6,9-11H2,(H,18,19)(H2,17,20,23). The fourth-order valence-electron chi connectivity index (χ4n) is 2.78. The highest BCUT2D eigenvalue weighted by Gasteiger charge is 2.18. The molecule has 0 saturated heterocycles. The van der Waals surface area contributed by atoms with E-state index in [1.807, 2.05) is 6.07 Å². The molecule has 1 aromatic carbocycles. The largest absolute Gasteiger partial charge is 0.390 e. The molecule has 7 nitrogen and oxygen atoms in total. The molecule has 122 valence electrons. The summed E-state index contributed by atoms with van der Waals surface area (Å²) in [6.07, 6.45) is 3.50. The van der Waals surface area contributed by atoms with E-state index in [-0.39, 0.29) is 12.6 Å². The highest BCUT2D eigenvalue weighted by molar-refractivity contribution is 5.88. The van der Waals surface area contributed by atoms with E-state index in [1.54, 1.807) is 6.20 Å². The summed E-state index contributed by atoms with van der Waals surface area (Å²) in [5.41, 5.74) is 3.29. The Morgan fingerprint density at radius 2 is 2.22 bits per heavy atom. The van der Waals surface area contributed by atoms with Crippen LogP contribution in [0.25, 0.3) is 0 Å². The lowest BCUT2D eigenvalue weighted by Crippen LogP contribution is -2.42. The third-order valence-electron chi connectivity index (χ3n) is 3.93. The SMILES string of the molecule is O=C(NCC(O)CN1CCc2ccccc2C1)Nc1cn[nH]c1. The molecule has 2 heterocycles. The van der Waals surface area contributed by atoms with Gasteiger partial charge in [0, 0.05) is 32.4 Å². The number of aromatic amines is 1. The normalized spacial score (nSPS) is 15.7. The van der Waals surface area contributed by atoms with Crippen molar-refractivity contribution in [2.24, 2.45) is 0 Å². The van der Waals surface area contributed by atoms with Crippen LogP contribution < -0.4 is 10.6 Å². The number of rotatable bonds is 5. The zero-order chi connectivity index (χ0) is 16.1. The van der Waals surface area contributed by atoms with Crippen molar-refractivity contribution in [3.05, 3.63) is 47.8 Å². The molecule has 0 fully saturated rings. The van der Waals surface area contributed by atoms with E-state index in [0.29, 0.717) is 12.2 Å². The summed E-state index contributed by atoms with van der Waals surface area (Å²) in [4.78, 5) is 13.9. The van der Waals surface area contributed by atoms with Crippen LogP contribution in [0, 0.1) is 0 Å². The van der Waals surface area contributed by atoms with E-state index in [1.165, 1.54) is 17.3 Å². The van der Waals surface area contributed by atoms with Gasteiger partial charge < -0.3 is 15.7 Å². The highest BCUT2D eigenvalue weighted by atomic mass is 16.3. The minimum absolute atomic E-state index is 0.210. The number of hydrogen-bond acceptors (Lipinski definition) is 4. The quantitative estimate of drug-likeness (QED) is 0.661. The first-order chi connectivity index (χ1) is 11.2. The van der Waals surface area contributed by atoms with Crippen molar-refractivity contribution in [2.75, 3.05) is 25.0 Å². The third kappa shape index (κ3) is 4.30. The van der Waals surface area contributed by atoms with Crippen LogP contribution in [0.5, 0.6) is 0 Å². The van der Waals surface area contributed by atoms with Crippen LogP contribution in [0.15, 0.2) is 36.7 Å². The van der Waals surface area contributed by atoms with Gasteiger partial charge in [0.15, 0.2) is 0 Å². The summed E-state index contributed by atoms with van der Waals surface area (Å²) in [6, 6.07) is 8.04. The molecule has 1 unspecified atom stereocenters. The average Bonchev–Trinajstić information content (AvgIpc) is 3.06. The van der Waals surface area contributed by atoms with E-state index in [9.17, 15) is 9.90 Å². The first-order valence-electron chi connectivity index (χ1n) is 7.71. The molecule has 0 saturated carbocycles. The van der Waals surface area contributed by atoms with Crippen molar-refractivity contribution in [1.82, 2.24) is 20.4 Å². The highest BCUT2D eigenvalue weighted by Crippen LogP contribution is 2.18. The fourth-order valence-corrected chi connectivity index (χ4v) is 2.78. The molecule has 2 amide bonds. The number of aromatic nitrogens is 2. The summed E-state index contributed by atoms with van der Waals surface area (Å²) in [5.74, 6) is 0. The Kier molecular flexibility index (Phi) is 4.89. The molecule has 3 rings (SSSR count). The number of nitrogens with zero attached hydrogens (tertiary/aromatic N) is 2. The van der Waals surface area contributed by atoms with E-state index >= 15 is 0 Å². The Hall–Kier alpha value is -2.38. The van der Waals surface area contributed by atoms with Gasteiger partial charge in [-0.05, 0) is 17.5 Å². The van der Waals surface area contributed by atoms with Gasteiger partial charge in [0.1, 0.15) is 0 Å². The molecule has 7 heteroatoms. The summed E-state index contributed by atoms with van der Waals surface area (Å²) in [5, 5.41) is 21.8. The summed E-state index contributed by atoms with van der Waals surface area (Å²) in [7, 11) is 0. The number of hydrogen-bond donors (Lipinski definition) is 4. The maximum atomic E-state index is 11.7. The zero-order valence-electron chi connectivity index (χ0n) is 12.8. The van der Waals surface area contributed by atoms with Crippen molar-refractivity contribution in [1.29, 1.82) is 0 Å². The number of aliphatic hydroxyl groups excluding tert-OH is 1. The second-order valence-corrected chi connectivity index (χ2v) is 5.73. The minimum atomic E-state index is -0.602. The smallest absolute Gasteiger partial charge is 0.319 e. The minimum Gasteiger partial charge on any atom is -0.390 e. The number of carbonyl (C=O) groups excluding carboxylic acids is 1. The predicted molar refractivity (Wildman–Crippen MR) is 87.0 cm³/mol. The Morgan fingerprint density at radius 1 is 1.39 bits per heavy atom. The lowest BCUT2D eigenvalue weighted by molar-refractivity contribution is 0.106. The van der Waals surface area contributed by atoms with Crippen molar-refractivity contribution < 1.29 is 9.90 Å². The van der Waals surface area contributed by atoms with Gasteiger partial charge in [0.25, 0.3) is 0 Å². The maximum Gasteiger partial charge on any atom is 0.319 e. The van der Waals surface area contributed by atoms with Gasteiger partial charge >= 0.3 is 6.03 Å². The Labute approximate surface area is 134 Å². The number of nitrogens with one attached hydrogen (secondary N) is 3. The van der Waals surface area contributed by atoms with E-state index in [0.717, 1.165) is 19.5 Å². The molecule has 1 aliphatic rings. The number of H-pyrrole nitrogens is 1. The van der Waals surface area contributed by atoms with Gasteiger partial charge in [0.2, 0.25) is 0 Å². The van der Waals surface area contributed by atoms with Crippen LogP contribution >= 0.6 is 0 Å². The zero-order valence-corrected chi connectivity index (χ0v) is 12.8. The van der Waals surface area contributed by atoms with Crippen LogP contribution in [0.2, 0.25) is 0 Å². The van der Waals surface area contributed by atoms with Gasteiger partial charge in [-0.15, -0.1) is 0 Å². The number of anilines is 1. The number of benzene rings is 1.